The molecule has 0 atom stereocenters. The van der Waals surface area contributed by atoms with Crippen LogP contribution in [0.3, 0.4) is 0 Å². The average molecular weight is 260 g/mol. The number of carbonyl (C=O) groups excluding carboxylic acids is 1. The zero-order chi connectivity index (χ0) is 14.0. The maximum absolute atomic E-state index is 11.9. The van der Waals surface area contributed by atoms with Gasteiger partial charge in [0.25, 0.3) is 5.91 Å². The predicted octanol–water partition coefficient (Wildman–Crippen LogP) is 2.24. The van der Waals surface area contributed by atoms with Gasteiger partial charge in [0.2, 0.25) is 5.76 Å². The highest BCUT2D eigenvalue weighted by molar-refractivity contribution is 6.03. The highest BCUT2D eigenvalue weighted by atomic mass is 16.5. The smallest absolute Gasteiger partial charge is 0.335 e. The largest absolute Gasteiger partial charge is 0.478 e. The molecule has 0 saturated heterocycles. The van der Waals surface area contributed by atoms with Gasteiger partial charge in [-0.2, -0.15) is 0 Å². The first-order valence-corrected chi connectivity index (χ1v) is 5.56. The van der Waals surface area contributed by atoms with Gasteiger partial charge in [0.05, 0.1) is 11.3 Å². The Morgan fingerprint density at radius 3 is 2.58 bits per heavy atom. The Hall–Kier alpha value is -2.63. The number of benzene rings is 1. The first-order valence-electron chi connectivity index (χ1n) is 5.56. The van der Waals surface area contributed by atoms with Gasteiger partial charge in [-0.25, -0.2) is 4.79 Å². The van der Waals surface area contributed by atoms with E-state index in [4.69, 9.17) is 9.63 Å². The van der Waals surface area contributed by atoms with Gasteiger partial charge in [0.1, 0.15) is 0 Å². The Morgan fingerprint density at radius 1 is 1.26 bits per heavy atom. The van der Waals surface area contributed by atoms with Gasteiger partial charge >= 0.3 is 5.97 Å². The summed E-state index contributed by atoms with van der Waals surface area (Å²) in [5.41, 5.74) is 1.89. The SMILES string of the molecule is Cc1cc(C(=O)Nc2cc(C(=O)O)ccc2C)on1. The molecule has 2 rings (SSSR count). The number of nitrogens with zero attached hydrogens (tertiary/aromatic N) is 1. The molecule has 1 heterocycles. The van der Waals surface area contributed by atoms with Crippen molar-refractivity contribution in [3.63, 3.8) is 0 Å². The number of carbonyl (C=O) groups is 2. The van der Waals surface area contributed by atoms with Crippen LogP contribution in [0.25, 0.3) is 0 Å². The predicted molar refractivity (Wildman–Crippen MR) is 67.3 cm³/mol. The molecule has 6 heteroatoms. The average Bonchev–Trinajstić information content (AvgIpc) is 2.78. The van der Waals surface area contributed by atoms with Crippen LogP contribution >= 0.6 is 0 Å². The number of rotatable bonds is 3. The highest BCUT2D eigenvalue weighted by Gasteiger charge is 2.14. The van der Waals surface area contributed by atoms with Crippen molar-refractivity contribution in [2.45, 2.75) is 13.8 Å². The Morgan fingerprint density at radius 2 is 2.00 bits per heavy atom. The lowest BCUT2D eigenvalue weighted by atomic mass is 10.1. The molecular weight excluding hydrogens is 248 g/mol. The van der Waals surface area contributed by atoms with E-state index >= 15 is 0 Å². The number of aromatic carboxylic acids is 1. The second kappa shape index (κ2) is 4.93. The fraction of sp³-hybridized carbons (Fsp3) is 0.154. The van der Waals surface area contributed by atoms with Crippen molar-refractivity contribution >= 4 is 17.6 Å². The van der Waals surface area contributed by atoms with Crippen molar-refractivity contribution in [3.05, 3.63) is 46.8 Å². The normalized spacial score (nSPS) is 10.2. The van der Waals surface area contributed by atoms with E-state index in [2.05, 4.69) is 10.5 Å². The Labute approximate surface area is 109 Å². The van der Waals surface area contributed by atoms with E-state index in [0.29, 0.717) is 11.4 Å². The molecule has 0 fully saturated rings. The first-order chi connectivity index (χ1) is 8.97. The minimum absolute atomic E-state index is 0.0811. The Balaban J connectivity index is 2.25. The molecule has 0 aliphatic carbocycles. The minimum Gasteiger partial charge on any atom is -0.478 e. The summed E-state index contributed by atoms with van der Waals surface area (Å²) in [6.45, 7) is 3.48. The summed E-state index contributed by atoms with van der Waals surface area (Å²) in [6, 6.07) is 6.02. The number of aryl methyl sites for hydroxylation is 2. The van der Waals surface area contributed by atoms with E-state index in [0.717, 1.165) is 5.56 Å². The summed E-state index contributed by atoms with van der Waals surface area (Å²) >= 11 is 0. The maximum Gasteiger partial charge on any atom is 0.335 e. The molecule has 98 valence electrons. The molecule has 0 unspecified atom stereocenters. The van der Waals surface area contributed by atoms with Crippen LogP contribution < -0.4 is 5.32 Å². The highest BCUT2D eigenvalue weighted by Crippen LogP contribution is 2.18. The van der Waals surface area contributed by atoms with Crippen molar-refractivity contribution in [2.24, 2.45) is 0 Å². The van der Waals surface area contributed by atoms with Gasteiger partial charge in [-0.1, -0.05) is 11.2 Å². The van der Waals surface area contributed by atoms with Crippen LogP contribution in [0.4, 0.5) is 5.69 Å². The van der Waals surface area contributed by atoms with E-state index in [1.807, 2.05) is 0 Å². The van der Waals surface area contributed by atoms with Crippen LogP contribution in [0, 0.1) is 13.8 Å². The van der Waals surface area contributed by atoms with Crippen molar-refractivity contribution in [1.82, 2.24) is 5.16 Å². The molecule has 1 aromatic heterocycles. The van der Waals surface area contributed by atoms with Gasteiger partial charge in [-0.15, -0.1) is 0 Å². The third kappa shape index (κ3) is 2.79. The summed E-state index contributed by atoms with van der Waals surface area (Å²) in [4.78, 5) is 22.8. The van der Waals surface area contributed by atoms with E-state index in [1.165, 1.54) is 18.2 Å². The van der Waals surface area contributed by atoms with Gasteiger partial charge in [0, 0.05) is 11.8 Å². The standard InChI is InChI=1S/C13H12N2O4/c1-7-3-4-9(13(17)18)6-10(7)14-12(16)11-5-8(2)15-19-11/h3-6H,1-2H3,(H,14,16)(H,17,18). The lowest BCUT2D eigenvalue weighted by Gasteiger charge is -2.07. The van der Waals surface area contributed by atoms with Crippen molar-refractivity contribution in [3.8, 4) is 0 Å². The monoisotopic (exact) mass is 260 g/mol. The molecule has 6 nitrogen and oxygen atoms in total. The second-order valence-electron chi connectivity index (χ2n) is 4.12. The van der Waals surface area contributed by atoms with Gasteiger partial charge < -0.3 is 14.9 Å². The third-order valence-electron chi connectivity index (χ3n) is 2.58. The van der Waals surface area contributed by atoms with E-state index < -0.39 is 11.9 Å². The summed E-state index contributed by atoms with van der Waals surface area (Å²) in [5.74, 6) is -1.44. The van der Waals surface area contributed by atoms with E-state index in [9.17, 15) is 9.59 Å². The van der Waals surface area contributed by atoms with Crippen LogP contribution in [-0.2, 0) is 0 Å². The number of carboxylic acids is 1. The van der Waals surface area contributed by atoms with Gasteiger partial charge in [0.15, 0.2) is 0 Å². The molecule has 1 aromatic carbocycles. The minimum atomic E-state index is -1.05. The summed E-state index contributed by atoms with van der Waals surface area (Å²) < 4.78 is 4.84. The maximum atomic E-state index is 11.9. The molecular formula is C13H12N2O4. The quantitative estimate of drug-likeness (QED) is 0.882. The van der Waals surface area contributed by atoms with Crippen LogP contribution in [-0.4, -0.2) is 22.1 Å². The second-order valence-corrected chi connectivity index (χ2v) is 4.12. The van der Waals surface area contributed by atoms with Gasteiger partial charge in [-0.3, -0.25) is 4.79 Å². The molecule has 0 aliphatic rings. The fourth-order valence-electron chi connectivity index (χ4n) is 1.54. The van der Waals surface area contributed by atoms with Crippen LogP contribution in [0.5, 0.6) is 0 Å². The van der Waals surface area contributed by atoms with Crippen molar-refractivity contribution in [2.75, 3.05) is 5.32 Å². The van der Waals surface area contributed by atoms with Crippen molar-refractivity contribution < 1.29 is 19.2 Å². The Bertz CT molecular complexity index is 646. The number of carboxylic acid groups (broad SMARTS) is 1. The molecule has 0 bridgehead atoms. The fourth-order valence-corrected chi connectivity index (χ4v) is 1.54. The zero-order valence-electron chi connectivity index (χ0n) is 10.4. The molecule has 0 saturated carbocycles. The summed E-state index contributed by atoms with van der Waals surface area (Å²) in [7, 11) is 0. The summed E-state index contributed by atoms with van der Waals surface area (Å²) in [5, 5.41) is 15.1. The zero-order valence-corrected chi connectivity index (χ0v) is 10.4. The van der Waals surface area contributed by atoms with E-state index in [-0.39, 0.29) is 11.3 Å². The molecule has 0 aliphatic heterocycles. The molecule has 2 N–H and O–H groups in total. The van der Waals surface area contributed by atoms with Crippen LogP contribution in [0.2, 0.25) is 0 Å². The number of anilines is 1. The topological polar surface area (TPSA) is 92.4 Å². The summed E-state index contributed by atoms with van der Waals surface area (Å²) in [6.07, 6.45) is 0. The van der Waals surface area contributed by atoms with E-state index in [1.54, 1.807) is 19.9 Å². The van der Waals surface area contributed by atoms with Crippen LogP contribution in [0.1, 0.15) is 32.2 Å². The Kier molecular flexibility index (Phi) is 3.33. The third-order valence-corrected chi connectivity index (χ3v) is 2.58. The molecule has 0 radical (unpaired) electrons. The van der Waals surface area contributed by atoms with Crippen LogP contribution in [0.15, 0.2) is 28.8 Å². The lowest BCUT2D eigenvalue weighted by Crippen LogP contribution is -2.12. The number of amides is 1. The molecule has 1 amide bonds. The van der Waals surface area contributed by atoms with Gasteiger partial charge in [-0.05, 0) is 31.5 Å². The van der Waals surface area contributed by atoms with Crippen molar-refractivity contribution in [1.29, 1.82) is 0 Å². The first kappa shape index (κ1) is 12.8. The number of hydrogen-bond donors (Lipinski definition) is 2. The molecule has 19 heavy (non-hydrogen) atoms. The molecule has 2 aromatic rings. The lowest BCUT2D eigenvalue weighted by molar-refractivity contribution is 0.0696. The number of aromatic nitrogens is 1. The number of hydrogen-bond acceptors (Lipinski definition) is 4. The molecule has 0 spiro atoms. The number of nitrogens with one attached hydrogen (secondary N) is 1.